The first kappa shape index (κ1) is 17.2. The van der Waals surface area contributed by atoms with Crippen molar-refractivity contribution >= 4 is 17.5 Å². The molecule has 1 heterocycles. The molecule has 2 aromatic rings. The molecule has 0 bridgehead atoms. The summed E-state index contributed by atoms with van der Waals surface area (Å²) in [7, 11) is 0. The van der Waals surface area contributed by atoms with Crippen LogP contribution in [-0.2, 0) is 4.74 Å². The SMILES string of the molecule is Cc1cc(C)cc(NC(=O)c2ccc(C(=O)N3CCOCC3)cc2)c1. The molecule has 0 unspecified atom stereocenters. The van der Waals surface area contributed by atoms with E-state index in [1.807, 2.05) is 26.0 Å². The van der Waals surface area contributed by atoms with Crippen LogP contribution in [0.3, 0.4) is 0 Å². The molecule has 0 spiro atoms. The molecule has 1 aliphatic heterocycles. The molecule has 0 aliphatic carbocycles. The van der Waals surface area contributed by atoms with Gasteiger partial charge in [-0.15, -0.1) is 0 Å². The molecule has 1 fully saturated rings. The molecule has 2 aromatic carbocycles. The zero-order valence-corrected chi connectivity index (χ0v) is 14.5. The van der Waals surface area contributed by atoms with Gasteiger partial charge in [0.25, 0.3) is 11.8 Å². The number of amides is 2. The maximum atomic E-state index is 12.4. The molecule has 130 valence electrons. The van der Waals surface area contributed by atoms with Gasteiger partial charge >= 0.3 is 0 Å². The van der Waals surface area contributed by atoms with Crippen LogP contribution in [-0.4, -0.2) is 43.0 Å². The van der Waals surface area contributed by atoms with Gasteiger partial charge in [-0.05, 0) is 61.4 Å². The number of nitrogens with zero attached hydrogens (tertiary/aromatic N) is 1. The Kier molecular flexibility index (Phi) is 5.14. The van der Waals surface area contributed by atoms with Crippen molar-refractivity contribution in [2.45, 2.75) is 13.8 Å². The molecule has 3 rings (SSSR count). The fourth-order valence-corrected chi connectivity index (χ4v) is 2.96. The number of rotatable bonds is 3. The number of anilines is 1. The molecule has 1 aliphatic rings. The zero-order valence-electron chi connectivity index (χ0n) is 14.5. The Morgan fingerprint density at radius 3 is 2.08 bits per heavy atom. The molecule has 0 radical (unpaired) electrons. The second kappa shape index (κ2) is 7.49. The van der Waals surface area contributed by atoms with E-state index in [1.54, 1.807) is 29.2 Å². The van der Waals surface area contributed by atoms with Crippen molar-refractivity contribution in [3.8, 4) is 0 Å². The lowest BCUT2D eigenvalue weighted by Crippen LogP contribution is -2.40. The number of morpholine rings is 1. The summed E-state index contributed by atoms with van der Waals surface area (Å²) in [6.07, 6.45) is 0. The Morgan fingerprint density at radius 1 is 0.920 bits per heavy atom. The molecule has 0 atom stereocenters. The van der Waals surface area contributed by atoms with E-state index in [0.717, 1.165) is 16.8 Å². The summed E-state index contributed by atoms with van der Waals surface area (Å²) in [5.41, 5.74) is 4.09. The number of nitrogens with one attached hydrogen (secondary N) is 1. The Morgan fingerprint density at radius 2 is 1.48 bits per heavy atom. The van der Waals surface area contributed by atoms with E-state index in [2.05, 4.69) is 11.4 Å². The van der Waals surface area contributed by atoms with Crippen LogP contribution in [0.2, 0.25) is 0 Å². The van der Waals surface area contributed by atoms with Crippen LogP contribution < -0.4 is 5.32 Å². The van der Waals surface area contributed by atoms with E-state index in [0.29, 0.717) is 37.4 Å². The van der Waals surface area contributed by atoms with Crippen LogP contribution >= 0.6 is 0 Å². The highest BCUT2D eigenvalue weighted by Gasteiger charge is 2.18. The molecular formula is C20H22N2O3. The third kappa shape index (κ3) is 4.25. The van der Waals surface area contributed by atoms with Gasteiger partial charge in [-0.2, -0.15) is 0 Å². The highest BCUT2D eigenvalue weighted by molar-refractivity contribution is 6.05. The molecule has 1 saturated heterocycles. The molecule has 2 amide bonds. The fraction of sp³-hybridized carbons (Fsp3) is 0.300. The van der Waals surface area contributed by atoms with Gasteiger partial charge in [0.05, 0.1) is 13.2 Å². The van der Waals surface area contributed by atoms with Crippen LogP contribution in [0, 0.1) is 13.8 Å². The lowest BCUT2D eigenvalue weighted by molar-refractivity contribution is 0.0303. The van der Waals surface area contributed by atoms with E-state index in [4.69, 9.17) is 4.74 Å². The highest BCUT2D eigenvalue weighted by Crippen LogP contribution is 2.16. The van der Waals surface area contributed by atoms with Gasteiger partial charge in [-0.25, -0.2) is 0 Å². The highest BCUT2D eigenvalue weighted by atomic mass is 16.5. The van der Waals surface area contributed by atoms with Crippen molar-refractivity contribution in [3.63, 3.8) is 0 Å². The maximum absolute atomic E-state index is 12.4. The summed E-state index contributed by atoms with van der Waals surface area (Å²) in [5.74, 6) is -0.208. The number of hydrogen-bond donors (Lipinski definition) is 1. The van der Waals surface area contributed by atoms with Crippen molar-refractivity contribution in [1.82, 2.24) is 4.90 Å². The fourth-order valence-electron chi connectivity index (χ4n) is 2.96. The van der Waals surface area contributed by atoms with Crippen LogP contribution in [0.4, 0.5) is 5.69 Å². The average molecular weight is 338 g/mol. The Hall–Kier alpha value is -2.66. The summed E-state index contributed by atoms with van der Waals surface area (Å²) >= 11 is 0. The number of carbonyl (C=O) groups is 2. The molecular weight excluding hydrogens is 316 g/mol. The van der Waals surface area contributed by atoms with E-state index in [1.165, 1.54) is 0 Å². The quantitative estimate of drug-likeness (QED) is 0.936. The smallest absolute Gasteiger partial charge is 0.255 e. The Labute approximate surface area is 147 Å². The molecule has 1 N–H and O–H groups in total. The first-order chi connectivity index (χ1) is 12.0. The minimum atomic E-state index is -0.185. The number of hydrogen-bond acceptors (Lipinski definition) is 3. The Balaban J connectivity index is 1.68. The van der Waals surface area contributed by atoms with Crippen molar-refractivity contribution < 1.29 is 14.3 Å². The number of aryl methyl sites for hydroxylation is 2. The Bertz CT molecular complexity index is 758. The van der Waals surface area contributed by atoms with Crippen molar-refractivity contribution in [3.05, 3.63) is 64.7 Å². The summed E-state index contributed by atoms with van der Waals surface area (Å²) in [4.78, 5) is 26.6. The number of ether oxygens (including phenoxy) is 1. The lowest BCUT2D eigenvalue weighted by Gasteiger charge is -2.26. The average Bonchev–Trinajstić information content (AvgIpc) is 2.61. The minimum absolute atomic E-state index is 0.0235. The molecule has 25 heavy (non-hydrogen) atoms. The van der Waals surface area contributed by atoms with Crippen molar-refractivity contribution in [2.24, 2.45) is 0 Å². The molecule has 0 aromatic heterocycles. The zero-order chi connectivity index (χ0) is 17.8. The van der Waals surface area contributed by atoms with E-state index in [9.17, 15) is 9.59 Å². The van der Waals surface area contributed by atoms with Crippen molar-refractivity contribution in [1.29, 1.82) is 0 Å². The monoisotopic (exact) mass is 338 g/mol. The summed E-state index contributed by atoms with van der Waals surface area (Å²) in [6.45, 7) is 6.34. The minimum Gasteiger partial charge on any atom is -0.378 e. The maximum Gasteiger partial charge on any atom is 0.255 e. The first-order valence-electron chi connectivity index (χ1n) is 8.40. The summed E-state index contributed by atoms with van der Waals surface area (Å²) < 4.78 is 5.26. The normalized spacial score (nSPS) is 14.2. The molecule has 5 nitrogen and oxygen atoms in total. The van der Waals surface area contributed by atoms with Gasteiger partial charge in [-0.1, -0.05) is 6.07 Å². The van der Waals surface area contributed by atoms with E-state index in [-0.39, 0.29) is 11.8 Å². The third-order valence-corrected chi connectivity index (χ3v) is 4.17. The standard InChI is InChI=1S/C20H22N2O3/c1-14-11-15(2)13-18(12-14)21-19(23)16-3-5-17(6-4-16)20(24)22-7-9-25-10-8-22/h3-6,11-13H,7-10H2,1-2H3,(H,21,23). The first-order valence-corrected chi connectivity index (χ1v) is 8.40. The van der Waals surface area contributed by atoms with Crippen LogP contribution in [0.15, 0.2) is 42.5 Å². The topological polar surface area (TPSA) is 58.6 Å². The van der Waals surface area contributed by atoms with Gasteiger partial charge < -0.3 is 15.0 Å². The predicted molar refractivity (Wildman–Crippen MR) is 97.0 cm³/mol. The van der Waals surface area contributed by atoms with Gasteiger partial charge in [0.2, 0.25) is 0 Å². The second-order valence-corrected chi connectivity index (χ2v) is 6.31. The molecule has 0 saturated carbocycles. The molecule has 5 heteroatoms. The third-order valence-electron chi connectivity index (χ3n) is 4.17. The van der Waals surface area contributed by atoms with Crippen molar-refractivity contribution in [2.75, 3.05) is 31.6 Å². The van der Waals surface area contributed by atoms with Gasteiger partial charge in [0.15, 0.2) is 0 Å². The van der Waals surface area contributed by atoms with Gasteiger partial charge in [-0.3, -0.25) is 9.59 Å². The van der Waals surface area contributed by atoms with Gasteiger partial charge in [0, 0.05) is 29.9 Å². The van der Waals surface area contributed by atoms with Crippen LogP contribution in [0.5, 0.6) is 0 Å². The summed E-state index contributed by atoms with van der Waals surface area (Å²) in [5, 5.41) is 2.90. The lowest BCUT2D eigenvalue weighted by atomic mass is 10.1. The van der Waals surface area contributed by atoms with Crippen LogP contribution in [0.1, 0.15) is 31.8 Å². The van der Waals surface area contributed by atoms with E-state index >= 15 is 0 Å². The number of benzene rings is 2. The van der Waals surface area contributed by atoms with E-state index < -0.39 is 0 Å². The van der Waals surface area contributed by atoms with Crippen LogP contribution in [0.25, 0.3) is 0 Å². The number of carbonyl (C=O) groups excluding carboxylic acids is 2. The van der Waals surface area contributed by atoms with Gasteiger partial charge in [0.1, 0.15) is 0 Å². The summed E-state index contributed by atoms with van der Waals surface area (Å²) in [6, 6.07) is 12.7. The largest absolute Gasteiger partial charge is 0.378 e. The second-order valence-electron chi connectivity index (χ2n) is 6.31. The predicted octanol–water partition coefficient (Wildman–Crippen LogP) is 3.03.